The van der Waals surface area contributed by atoms with Crippen molar-refractivity contribution in [3.63, 3.8) is 0 Å². The van der Waals surface area contributed by atoms with Crippen LogP contribution in [0.25, 0.3) is 0 Å². The molecule has 0 radical (unpaired) electrons. The second-order valence-corrected chi connectivity index (χ2v) is 8.91. The second-order valence-electron chi connectivity index (χ2n) is 8.91. The molecule has 2 saturated carbocycles. The summed E-state index contributed by atoms with van der Waals surface area (Å²) >= 11 is 0. The largest absolute Gasteiger partial charge is 0.378 e. The molecule has 2 aliphatic rings. The zero-order valence-corrected chi connectivity index (χ0v) is 16.9. The van der Waals surface area contributed by atoms with E-state index >= 15 is 0 Å². The van der Waals surface area contributed by atoms with Crippen molar-refractivity contribution in [1.29, 1.82) is 5.26 Å². The first-order valence-electron chi connectivity index (χ1n) is 11.2. The average molecular weight is 348 g/mol. The number of rotatable bonds is 10. The molecule has 0 amide bonds. The molecule has 0 heterocycles. The van der Waals surface area contributed by atoms with E-state index < -0.39 is 0 Å². The summed E-state index contributed by atoms with van der Waals surface area (Å²) in [5.41, 5.74) is -0.0128. The number of unbranched alkanes of at least 4 members (excludes halogenated alkanes) is 3. The Bertz CT molecular complexity index is 383. The van der Waals surface area contributed by atoms with Gasteiger partial charge in [0.05, 0.1) is 17.6 Å². The van der Waals surface area contributed by atoms with Crippen LogP contribution in [0.3, 0.4) is 0 Å². The van der Waals surface area contributed by atoms with Gasteiger partial charge in [-0.15, -0.1) is 0 Å². The van der Waals surface area contributed by atoms with Gasteiger partial charge in [-0.25, -0.2) is 0 Å². The molecule has 0 aromatic carbocycles. The van der Waals surface area contributed by atoms with Gasteiger partial charge in [0, 0.05) is 6.61 Å². The third-order valence-corrected chi connectivity index (χ3v) is 6.86. The lowest BCUT2D eigenvalue weighted by molar-refractivity contribution is -0.0134. The van der Waals surface area contributed by atoms with Crippen molar-refractivity contribution < 1.29 is 4.74 Å². The van der Waals surface area contributed by atoms with Crippen molar-refractivity contribution in [3.05, 3.63) is 0 Å². The molecule has 0 spiro atoms. The maximum absolute atomic E-state index is 9.53. The first kappa shape index (κ1) is 20.8. The predicted octanol–water partition coefficient (Wildman–Crippen LogP) is 7.03. The van der Waals surface area contributed by atoms with Gasteiger partial charge in [0.15, 0.2) is 0 Å². The summed E-state index contributed by atoms with van der Waals surface area (Å²) in [5, 5.41) is 9.53. The zero-order valence-electron chi connectivity index (χ0n) is 16.9. The maximum atomic E-state index is 9.53. The quantitative estimate of drug-likeness (QED) is 0.397. The molecule has 0 saturated heterocycles. The van der Waals surface area contributed by atoms with Crippen LogP contribution in [-0.4, -0.2) is 12.7 Å². The van der Waals surface area contributed by atoms with E-state index in [0.717, 1.165) is 38.2 Å². The van der Waals surface area contributed by atoms with Gasteiger partial charge < -0.3 is 4.74 Å². The van der Waals surface area contributed by atoms with Crippen LogP contribution in [0.5, 0.6) is 0 Å². The van der Waals surface area contributed by atoms with Crippen LogP contribution < -0.4 is 0 Å². The Morgan fingerprint density at radius 1 is 0.880 bits per heavy atom. The lowest BCUT2D eigenvalue weighted by Gasteiger charge is -2.36. The summed E-state index contributed by atoms with van der Waals surface area (Å²) in [5.74, 6) is 1.67. The Morgan fingerprint density at radius 2 is 1.60 bits per heavy atom. The van der Waals surface area contributed by atoms with Gasteiger partial charge in [0.1, 0.15) is 0 Å². The molecule has 0 unspecified atom stereocenters. The summed E-state index contributed by atoms with van der Waals surface area (Å²) < 4.78 is 6.29. The smallest absolute Gasteiger partial charge is 0.0689 e. The van der Waals surface area contributed by atoms with Crippen LogP contribution in [0.1, 0.15) is 110 Å². The third kappa shape index (κ3) is 6.93. The Hall–Kier alpha value is -0.550. The minimum atomic E-state index is -0.0128. The van der Waals surface area contributed by atoms with Crippen molar-refractivity contribution in [2.45, 2.75) is 116 Å². The molecule has 2 rings (SSSR count). The first-order valence-corrected chi connectivity index (χ1v) is 11.2. The molecule has 0 aliphatic heterocycles. The van der Waals surface area contributed by atoms with Gasteiger partial charge in [-0.05, 0) is 69.6 Å². The van der Waals surface area contributed by atoms with Crippen LogP contribution in [0.15, 0.2) is 0 Å². The highest BCUT2D eigenvalue weighted by atomic mass is 16.5. The van der Waals surface area contributed by atoms with Gasteiger partial charge >= 0.3 is 0 Å². The highest BCUT2D eigenvalue weighted by molar-refractivity contribution is 5.01. The van der Waals surface area contributed by atoms with Gasteiger partial charge in [-0.1, -0.05) is 52.4 Å². The van der Waals surface area contributed by atoms with E-state index in [0.29, 0.717) is 12.0 Å². The van der Waals surface area contributed by atoms with Gasteiger partial charge in [0.25, 0.3) is 0 Å². The van der Waals surface area contributed by atoms with E-state index in [2.05, 4.69) is 19.9 Å². The highest BCUT2D eigenvalue weighted by Crippen LogP contribution is 2.42. The number of nitrogens with zero attached hydrogens (tertiary/aromatic N) is 1. The molecule has 2 aliphatic carbocycles. The fraction of sp³-hybridized carbons (Fsp3) is 0.957. The van der Waals surface area contributed by atoms with Gasteiger partial charge in [-0.2, -0.15) is 5.26 Å². The fourth-order valence-electron chi connectivity index (χ4n) is 5.01. The molecular weight excluding hydrogens is 306 g/mol. The number of hydrogen-bond acceptors (Lipinski definition) is 2. The van der Waals surface area contributed by atoms with Crippen molar-refractivity contribution in [3.8, 4) is 6.07 Å². The van der Waals surface area contributed by atoms with E-state index in [1.807, 2.05) is 0 Å². The molecule has 2 heteroatoms. The lowest BCUT2D eigenvalue weighted by atomic mass is 9.69. The van der Waals surface area contributed by atoms with Crippen LogP contribution >= 0.6 is 0 Å². The van der Waals surface area contributed by atoms with Crippen LogP contribution in [0, 0.1) is 28.6 Å². The van der Waals surface area contributed by atoms with Gasteiger partial charge in [-0.3, -0.25) is 0 Å². The maximum Gasteiger partial charge on any atom is 0.0689 e. The minimum absolute atomic E-state index is 0.0128. The van der Waals surface area contributed by atoms with Crippen molar-refractivity contribution >= 4 is 0 Å². The number of ether oxygens (including phenoxy) is 1. The van der Waals surface area contributed by atoms with E-state index in [1.54, 1.807) is 0 Å². The monoisotopic (exact) mass is 347 g/mol. The van der Waals surface area contributed by atoms with Crippen LogP contribution in [0.4, 0.5) is 0 Å². The molecule has 25 heavy (non-hydrogen) atoms. The second kappa shape index (κ2) is 11.2. The fourth-order valence-corrected chi connectivity index (χ4v) is 5.01. The molecule has 2 nitrogen and oxygen atoms in total. The standard InChI is InChI=1S/C23H41NO/c1-3-5-6-7-8-20-9-11-22(12-10-20)25-18-21-13-16-23(19-24,15-4-2)17-14-21/h20-22H,3-18H2,1-2H3/t20-,21-,22-,23-. The van der Waals surface area contributed by atoms with Crippen molar-refractivity contribution in [2.24, 2.45) is 17.3 Å². The Labute approximate surface area is 156 Å². The molecule has 0 bridgehead atoms. The molecule has 0 N–H and O–H groups in total. The van der Waals surface area contributed by atoms with E-state index in [-0.39, 0.29) is 5.41 Å². The average Bonchev–Trinajstić information content (AvgIpc) is 2.66. The summed E-state index contributed by atoms with van der Waals surface area (Å²) in [6.45, 7) is 5.44. The zero-order chi connectivity index (χ0) is 18.0. The van der Waals surface area contributed by atoms with E-state index in [1.165, 1.54) is 70.6 Å². The minimum Gasteiger partial charge on any atom is -0.378 e. The normalized spacial score (nSPS) is 33.1. The Morgan fingerprint density at radius 3 is 2.20 bits per heavy atom. The predicted molar refractivity (Wildman–Crippen MR) is 105 cm³/mol. The van der Waals surface area contributed by atoms with Crippen LogP contribution in [0.2, 0.25) is 0 Å². The number of hydrogen-bond donors (Lipinski definition) is 0. The van der Waals surface area contributed by atoms with Crippen molar-refractivity contribution in [2.75, 3.05) is 6.61 Å². The summed E-state index contributed by atoms with van der Waals surface area (Å²) in [7, 11) is 0. The first-order chi connectivity index (χ1) is 12.2. The molecule has 0 aromatic rings. The van der Waals surface area contributed by atoms with E-state index in [9.17, 15) is 5.26 Å². The van der Waals surface area contributed by atoms with Crippen molar-refractivity contribution in [1.82, 2.24) is 0 Å². The third-order valence-electron chi connectivity index (χ3n) is 6.86. The summed E-state index contributed by atoms with van der Waals surface area (Å²) in [6.07, 6.45) is 19.7. The topological polar surface area (TPSA) is 33.0 Å². The molecule has 2 fully saturated rings. The molecule has 0 atom stereocenters. The molecular formula is C23H41NO. The van der Waals surface area contributed by atoms with E-state index in [4.69, 9.17) is 4.74 Å². The van der Waals surface area contributed by atoms with Crippen LogP contribution in [-0.2, 0) is 4.74 Å². The lowest BCUT2D eigenvalue weighted by Crippen LogP contribution is -2.30. The summed E-state index contributed by atoms with van der Waals surface area (Å²) in [6, 6.07) is 2.63. The molecule has 144 valence electrons. The molecule has 0 aromatic heterocycles. The Balaban J connectivity index is 1.57. The number of nitriles is 1. The van der Waals surface area contributed by atoms with Gasteiger partial charge in [0.2, 0.25) is 0 Å². The SMILES string of the molecule is CCCCCC[C@H]1CC[C@H](OC[C@H]2CC[C@@](C#N)(CCC)CC2)CC1. The summed E-state index contributed by atoms with van der Waals surface area (Å²) in [4.78, 5) is 0. The Kier molecular flexibility index (Phi) is 9.32. The highest BCUT2D eigenvalue weighted by Gasteiger charge is 2.35.